The lowest BCUT2D eigenvalue weighted by Crippen LogP contribution is -2.50. The van der Waals surface area contributed by atoms with Gasteiger partial charge in [0, 0.05) is 16.2 Å². The first kappa shape index (κ1) is 19.8. The Morgan fingerprint density at radius 3 is 1.96 bits per heavy atom. The summed E-state index contributed by atoms with van der Waals surface area (Å²) in [7, 11) is 0. The van der Waals surface area contributed by atoms with Gasteiger partial charge in [0.25, 0.3) is 0 Å². The molecule has 0 aliphatic carbocycles. The van der Waals surface area contributed by atoms with Crippen LogP contribution in [0.15, 0.2) is 29.0 Å². The molecule has 0 radical (unpaired) electrons. The van der Waals surface area contributed by atoms with Gasteiger partial charge in [-0.2, -0.15) is 31.4 Å². The summed E-state index contributed by atoms with van der Waals surface area (Å²) in [6, 6.07) is 0.675. The van der Waals surface area contributed by atoms with E-state index in [1.165, 1.54) is 12.4 Å². The van der Waals surface area contributed by atoms with E-state index in [1.54, 1.807) is 0 Å². The topological polar surface area (TPSA) is 17.8 Å². The molecule has 0 aliphatic heterocycles. The van der Waals surface area contributed by atoms with Crippen molar-refractivity contribution in [2.24, 2.45) is 0 Å². The number of halogens is 10. The van der Waals surface area contributed by atoms with Crippen LogP contribution >= 0.6 is 50.1 Å². The van der Waals surface area contributed by atoms with Crippen molar-refractivity contribution in [1.82, 2.24) is 9.78 Å². The van der Waals surface area contributed by atoms with Crippen LogP contribution in [-0.4, -0.2) is 22.1 Å². The molecule has 0 saturated carbocycles. The van der Waals surface area contributed by atoms with Gasteiger partial charge in [0.15, 0.2) is 0 Å². The first-order valence-electron chi connectivity index (χ1n) is 5.81. The van der Waals surface area contributed by atoms with Gasteiger partial charge in [-0.3, -0.25) is 0 Å². The zero-order valence-corrected chi connectivity index (χ0v) is 15.5. The number of hydrogen-bond acceptors (Lipinski definition) is 1. The Balaban J connectivity index is 2.69. The molecule has 132 valence electrons. The molecule has 1 heterocycles. The van der Waals surface area contributed by atoms with Gasteiger partial charge in [-0.1, -0.05) is 11.6 Å². The van der Waals surface area contributed by atoms with Gasteiger partial charge in [-0.25, -0.2) is 9.07 Å². The molecule has 0 aliphatic rings. The second-order valence-electron chi connectivity index (χ2n) is 4.55. The van der Waals surface area contributed by atoms with E-state index >= 15 is 0 Å². The zero-order valence-electron chi connectivity index (χ0n) is 11.0. The number of benzene rings is 1. The monoisotopic (exact) mass is 550 g/mol. The lowest BCUT2D eigenvalue weighted by Gasteiger charge is -2.30. The van der Waals surface area contributed by atoms with Gasteiger partial charge < -0.3 is 0 Å². The van der Waals surface area contributed by atoms with E-state index in [0.717, 1.165) is 4.68 Å². The highest BCUT2D eigenvalue weighted by Gasteiger charge is 2.73. The summed E-state index contributed by atoms with van der Waals surface area (Å²) in [5.74, 6) is 0. The normalized spacial score (nSPS) is 13.4. The van der Waals surface area contributed by atoms with Gasteiger partial charge in [0.2, 0.25) is 0 Å². The van der Waals surface area contributed by atoms with Crippen LogP contribution in [0.5, 0.6) is 0 Å². The molecule has 24 heavy (non-hydrogen) atoms. The highest BCUT2D eigenvalue weighted by atomic mass is 127. The van der Waals surface area contributed by atoms with E-state index in [-0.39, 0.29) is 16.2 Å². The molecule has 2 rings (SSSR count). The first-order chi connectivity index (χ1) is 10.8. The van der Waals surface area contributed by atoms with E-state index in [4.69, 9.17) is 11.6 Å². The van der Waals surface area contributed by atoms with Crippen molar-refractivity contribution in [3.05, 3.63) is 43.2 Å². The maximum absolute atomic E-state index is 14.1. The molecule has 0 amide bonds. The zero-order chi connectivity index (χ0) is 18.5. The van der Waals surface area contributed by atoms with Crippen molar-refractivity contribution in [3.8, 4) is 5.69 Å². The third kappa shape index (κ3) is 3.26. The SMILES string of the molecule is FC(F)(F)C(F)(c1cc(Cl)c(-n2cc(I)cn2)c(Br)c1)C(F)(F)F. The Kier molecular flexibility index (Phi) is 5.19. The smallest absolute Gasteiger partial charge is 0.237 e. The minimum Gasteiger partial charge on any atom is -0.237 e. The fraction of sp³-hybridized carbons (Fsp3) is 0.250. The molecule has 0 unspecified atom stereocenters. The predicted octanol–water partition coefficient (Wildman–Crippen LogP) is 6.18. The molecule has 0 saturated heterocycles. The predicted molar refractivity (Wildman–Crippen MR) is 83.9 cm³/mol. The van der Waals surface area contributed by atoms with Crippen LogP contribution < -0.4 is 0 Å². The molecule has 2 nitrogen and oxygen atoms in total. The molecule has 0 bridgehead atoms. The van der Waals surface area contributed by atoms with Crippen molar-refractivity contribution < 1.29 is 30.7 Å². The average molecular weight is 551 g/mol. The third-order valence-electron chi connectivity index (χ3n) is 2.98. The van der Waals surface area contributed by atoms with Crippen molar-refractivity contribution in [2.45, 2.75) is 18.0 Å². The molecule has 0 atom stereocenters. The van der Waals surface area contributed by atoms with Crippen LogP contribution in [0, 0.1) is 3.57 Å². The maximum atomic E-state index is 14.1. The van der Waals surface area contributed by atoms with Crippen LogP contribution in [0.3, 0.4) is 0 Å². The third-order valence-corrected chi connectivity index (χ3v) is 4.43. The van der Waals surface area contributed by atoms with Crippen LogP contribution in [0.2, 0.25) is 5.02 Å². The highest BCUT2D eigenvalue weighted by molar-refractivity contribution is 14.1. The van der Waals surface area contributed by atoms with Gasteiger partial charge in [-0.05, 0) is 50.7 Å². The lowest BCUT2D eigenvalue weighted by atomic mass is 9.94. The fourth-order valence-electron chi connectivity index (χ4n) is 1.89. The Morgan fingerprint density at radius 2 is 1.58 bits per heavy atom. The van der Waals surface area contributed by atoms with Crippen molar-refractivity contribution in [1.29, 1.82) is 0 Å². The largest absolute Gasteiger partial charge is 0.435 e. The molecular weight excluding hydrogens is 547 g/mol. The molecule has 12 heteroatoms. The summed E-state index contributed by atoms with van der Waals surface area (Å²) in [6.07, 6.45) is -9.60. The highest BCUT2D eigenvalue weighted by Crippen LogP contribution is 2.54. The van der Waals surface area contributed by atoms with Gasteiger partial charge in [0.05, 0.1) is 20.5 Å². The minimum atomic E-state index is -6.21. The summed E-state index contributed by atoms with van der Waals surface area (Å²) in [5.41, 5.74) is -7.25. The van der Waals surface area contributed by atoms with E-state index in [9.17, 15) is 30.7 Å². The Labute approximate surface area is 157 Å². The Bertz CT molecular complexity index is 734. The number of hydrogen-bond donors (Lipinski definition) is 0. The van der Waals surface area contributed by atoms with Crippen LogP contribution in [-0.2, 0) is 5.67 Å². The van der Waals surface area contributed by atoms with Crippen molar-refractivity contribution >= 4 is 50.1 Å². The summed E-state index contributed by atoms with van der Waals surface area (Å²) in [6.45, 7) is 0. The number of aromatic nitrogens is 2. The van der Waals surface area contributed by atoms with E-state index < -0.39 is 28.6 Å². The van der Waals surface area contributed by atoms with Gasteiger partial charge in [-0.15, -0.1) is 0 Å². The van der Waals surface area contributed by atoms with Crippen LogP contribution in [0.1, 0.15) is 5.56 Å². The molecule has 1 aromatic carbocycles. The Morgan fingerprint density at radius 1 is 1.04 bits per heavy atom. The van der Waals surface area contributed by atoms with Crippen molar-refractivity contribution in [3.63, 3.8) is 0 Å². The van der Waals surface area contributed by atoms with E-state index in [2.05, 4.69) is 21.0 Å². The summed E-state index contributed by atoms with van der Waals surface area (Å²) in [5, 5.41) is 3.32. The fourth-order valence-corrected chi connectivity index (χ4v) is 3.34. The second-order valence-corrected chi connectivity index (χ2v) is 7.05. The first-order valence-corrected chi connectivity index (χ1v) is 8.06. The van der Waals surface area contributed by atoms with Crippen LogP contribution in [0.25, 0.3) is 5.69 Å². The van der Waals surface area contributed by atoms with Gasteiger partial charge >= 0.3 is 18.0 Å². The second kappa shape index (κ2) is 6.31. The lowest BCUT2D eigenvalue weighted by molar-refractivity contribution is -0.348. The minimum absolute atomic E-state index is 0.0185. The van der Waals surface area contributed by atoms with E-state index in [1.807, 2.05) is 22.6 Å². The summed E-state index contributed by atoms with van der Waals surface area (Å²) in [4.78, 5) is 0. The molecular formula is C12H4BrClF7IN2. The van der Waals surface area contributed by atoms with E-state index in [0.29, 0.717) is 9.64 Å². The van der Waals surface area contributed by atoms with Crippen LogP contribution in [0.4, 0.5) is 30.7 Å². The molecule has 0 spiro atoms. The summed E-state index contributed by atoms with van der Waals surface area (Å²) >= 11 is 10.5. The number of rotatable bonds is 2. The maximum Gasteiger partial charge on any atom is 0.435 e. The molecule has 0 fully saturated rings. The average Bonchev–Trinajstić information content (AvgIpc) is 2.80. The molecule has 2 aromatic rings. The quantitative estimate of drug-likeness (QED) is 0.322. The standard InChI is InChI=1S/C12H4BrClF7IN2/c13-7-1-5(10(15,11(16,17)18)12(19,20)21)2-8(14)9(7)24-4-6(22)3-23-24/h1-4H. The van der Waals surface area contributed by atoms with Crippen molar-refractivity contribution in [2.75, 3.05) is 0 Å². The number of nitrogens with zero attached hydrogens (tertiary/aromatic N) is 2. The molecule has 1 aromatic heterocycles. The summed E-state index contributed by atoms with van der Waals surface area (Å²) < 4.78 is 92.4. The Hall–Kier alpha value is -0.560. The van der Waals surface area contributed by atoms with Gasteiger partial charge in [0.1, 0.15) is 0 Å². The number of alkyl halides is 7. The molecule has 0 N–H and O–H groups in total.